The molecule has 0 bridgehead atoms. The van der Waals surface area contributed by atoms with Gasteiger partial charge < -0.3 is 14.9 Å². The highest BCUT2D eigenvalue weighted by atomic mass is 19.1. The number of hydrogen-bond acceptors (Lipinski definition) is 5. The van der Waals surface area contributed by atoms with Crippen molar-refractivity contribution >= 4 is 27.8 Å². The number of imidazole rings is 1. The molecule has 1 aromatic carbocycles. The Balaban J connectivity index is 1.71. The van der Waals surface area contributed by atoms with Crippen LogP contribution >= 0.6 is 0 Å². The standard InChI is InChI=1S/C25H25FN6O/c1-4-18(31-24-22-23(28-12-27-22)29-13-30-24)20-11-16-7-5-6-14(2)21(16)25(33)32(20)19-9-8-17(26)10-15(19)3/h5-8,10-13,18-19H,4,9H2,1-3H3,(H2,27,28,29,30,31). The Morgan fingerprint density at radius 3 is 2.91 bits per heavy atom. The molecule has 0 saturated carbocycles. The number of H-pyrrole nitrogens is 1. The second-order valence-corrected chi connectivity index (χ2v) is 8.44. The van der Waals surface area contributed by atoms with Crippen LogP contribution in [0.5, 0.6) is 0 Å². The van der Waals surface area contributed by atoms with E-state index >= 15 is 0 Å². The summed E-state index contributed by atoms with van der Waals surface area (Å²) in [5, 5.41) is 5.06. The summed E-state index contributed by atoms with van der Waals surface area (Å²) < 4.78 is 15.8. The number of allylic oxidation sites excluding steroid dienone is 4. The fourth-order valence-electron chi connectivity index (χ4n) is 4.67. The monoisotopic (exact) mass is 444 g/mol. The number of pyridine rings is 1. The molecular weight excluding hydrogens is 419 g/mol. The fraction of sp³-hybridized carbons (Fsp3) is 0.280. The van der Waals surface area contributed by atoms with E-state index in [0.29, 0.717) is 35.2 Å². The Bertz CT molecular complexity index is 1480. The minimum Gasteiger partial charge on any atom is -0.360 e. The largest absolute Gasteiger partial charge is 0.360 e. The summed E-state index contributed by atoms with van der Waals surface area (Å²) >= 11 is 0. The molecule has 168 valence electrons. The summed E-state index contributed by atoms with van der Waals surface area (Å²) in [4.78, 5) is 29.8. The highest BCUT2D eigenvalue weighted by molar-refractivity contribution is 5.86. The van der Waals surface area contributed by atoms with Crippen molar-refractivity contribution in [2.75, 3.05) is 5.32 Å². The molecule has 1 aliphatic carbocycles. The van der Waals surface area contributed by atoms with Crippen LogP contribution in [0.1, 0.15) is 50.0 Å². The minimum atomic E-state index is -0.262. The van der Waals surface area contributed by atoms with Gasteiger partial charge in [-0.1, -0.05) is 25.1 Å². The normalized spacial score (nSPS) is 17.2. The van der Waals surface area contributed by atoms with Crippen molar-refractivity contribution in [1.82, 2.24) is 24.5 Å². The maximum Gasteiger partial charge on any atom is 0.259 e. The Hall–Kier alpha value is -3.81. The van der Waals surface area contributed by atoms with Gasteiger partial charge in [0.2, 0.25) is 0 Å². The first kappa shape index (κ1) is 21.1. The van der Waals surface area contributed by atoms with Crippen molar-refractivity contribution in [3.8, 4) is 0 Å². The van der Waals surface area contributed by atoms with Crippen molar-refractivity contribution in [1.29, 1.82) is 0 Å². The predicted octanol–water partition coefficient (Wildman–Crippen LogP) is 5.28. The summed E-state index contributed by atoms with van der Waals surface area (Å²) in [6.07, 6.45) is 7.24. The Morgan fingerprint density at radius 2 is 2.12 bits per heavy atom. The first-order chi connectivity index (χ1) is 16.0. The average molecular weight is 445 g/mol. The van der Waals surface area contributed by atoms with Crippen molar-refractivity contribution in [3.63, 3.8) is 0 Å². The van der Waals surface area contributed by atoms with Crippen LogP contribution < -0.4 is 10.9 Å². The van der Waals surface area contributed by atoms with Gasteiger partial charge in [0.25, 0.3) is 5.56 Å². The zero-order valence-corrected chi connectivity index (χ0v) is 18.8. The molecule has 3 heterocycles. The topological polar surface area (TPSA) is 88.5 Å². The van der Waals surface area contributed by atoms with Gasteiger partial charge in [0.15, 0.2) is 11.5 Å². The molecule has 7 nitrogen and oxygen atoms in total. The van der Waals surface area contributed by atoms with Gasteiger partial charge >= 0.3 is 0 Å². The number of hydrogen-bond donors (Lipinski definition) is 2. The molecule has 8 heteroatoms. The van der Waals surface area contributed by atoms with Crippen LogP contribution in [0.2, 0.25) is 0 Å². The fourth-order valence-corrected chi connectivity index (χ4v) is 4.67. The van der Waals surface area contributed by atoms with E-state index in [-0.39, 0.29) is 23.5 Å². The Labute approximate surface area is 190 Å². The van der Waals surface area contributed by atoms with E-state index in [0.717, 1.165) is 22.2 Å². The quantitative estimate of drug-likeness (QED) is 0.437. The van der Waals surface area contributed by atoms with Gasteiger partial charge in [-0.05, 0) is 61.4 Å². The maximum absolute atomic E-state index is 13.9. The molecule has 0 amide bonds. The lowest BCUT2D eigenvalue weighted by Crippen LogP contribution is -2.32. The highest BCUT2D eigenvalue weighted by Gasteiger charge is 2.26. The number of aryl methyl sites for hydroxylation is 1. The van der Waals surface area contributed by atoms with Crippen LogP contribution in [0.4, 0.5) is 10.2 Å². The van der Waals surface area contributed by atoms with Gasteiger partial charge in [0, 0.05) is 5.69 Å². The number of aromatic amines is 1. The van der Waals surface area contributed by atoms with Crippen molar-refractivity contribution in [3.05, 3.63) is 82.1 Å². The molecular formula is C25H25FN6O. The van der Waals surface area contributed by atoms with E-state index in [1.165, 1.54) is 12.4 Å². The van der Waals surface area contributed by atoms with E-state index in [2.05, 4.69) is 38.2 Å². The van der Waals surface area contributed by atoms with Crippen LogP contribution in [-0.4, -0.2) is 24.5 Å². The first-order valence-electron chi connectivity index (χ1n) is 11.1. The molecule has 2 atom stereocenters. The van der Waals surface area contributed by atoms with Crippen LogP contribution in [0, 0.1) is 6.92 Å². The lowest BCUT2D eigenvalue weighted by Gasteiger charge is -2.30. The molecule has 2 unspecified atom stereocenters. The highest BCUT2D eigenvalue weighted by Crippen LogP contribution is 2.34. The predicted molar refractivity (Wildman–Crippen MR) is 128 cm³/mol. The number of fused-ring (bicyclic) bond motifs is 2. The third kappa shape index (κ3) is 3.61. The van der Waals surface area contributed by atoms with E-state index in [9.17, 15) is 9.18 Å². The summed E-state index contributed by atoms with van der Waals surface area (Å²) in [5.41, 5.74) is 3.78. The maximum atomic E-state index is 13.9. The zero-order valence-electron chi connectivity index (χ0n) is 18.8. The SMILES string of the molecule is CCC(Nc1ncnc2[nH]cnc12)c1cc2cccc(C)c2c(=O)n1C1CC=C(F)C=C1C. The van der Waals surface area contributed by atoms with E-state index < -0.39 is 0 Å². The molecule has 0 fully saturated rings. The molecule has 0 saturated heterocycles. The number of aromatic nitrogens is 5. The molecule has 5 rings (SSSR count). The van der Waals surface area contributed by atoms with E-state index in [1.54, 1.807) is 12.4 Å². The van der Waals surface area contributed by atoms with Gasteiger partial charge in [0.1, 0.15) is 17.7 Å². The third-order valence-corrected chi connectivity index (χ3v) is 6.35. The van der Waals surface area contributed by atoms with E-state index in [1.807, 2.05) is 36.6 Å². The van der Waals surface area contributed by atoms with Crippen molar-refractivity contribution in [2.45, 2.75) is 45.7 Å². The first-order valence-corrected chi connectivity index (χ1v) is 11.1. The molecule has 2 N–H and O–H groups in total. The Morgan fingerprint density at radius 1 is 1.27 bits per heavy atom. The molecule has 3 aromatic heterocycles. The zero-order chi connectivity index (χ0) is 23.1. The third-order valence-electron chi connectivity index (χ3n) is 6.35. The Kier molecular flexibility index (Phi) is 5.28. The van der Waals surface area contributed by atoms with Gasteiger partial charge in [-0.3, -0.25) is 4.79 Å². The number of anilines is 1. The number of nitrogens with zero attached hydrogens (tertiary/aromatic N) is 4. The molecule has 4 aromatic rings. The smallest absolute Gasteiger partial charge is 0.259 e. The second-order valence-electron chi connectivity index (χ2n) is 8.44. The average Bonchev–Trinajstić information content (AvgIpc) is 3.28. The van der Waals surface area contributed by atoms with Gasteiger partial charge in [-0.2, -0.15) is 0 Å². The van der Waals surface area contributed by atoms with Gasteiger partial charge in [-0.25, -0.2) is 19.3 Å². The lowest BCUT2D eigenvalue weighted by molar-refractivity contribution is 0.500. The molecule has 0 radical (unpaired) electrons. The van der Waals surface area contributed by atoms with Crippen LogP contribution in [-0.2, 0) is 0 Å². The van der Waals surface area contributed by atoms with Crippen LogP contribution in [0.3, 0.4) is 0 Å². The lowest BCUT2D eigenvalue weighted by atomic mass is 9.96. The van der Waals surface area contributed by atoms with Crippen LogP contribution in [0.15, 0.2) is 65.3 Å². The minimum absolute atomic E-state index is 0.0677. The second kappa shape index (κ2) is 8.27. The summed E-state index contributed by atoms with van der Waals surface area (Å²) in [6.45, 7) is 5.88. The summed E-state index contributed by atoms with van der Waals surface area (Å²) in [5.74, 6) is 0.334. The molecule has 0 aliphatic heterocycles. The molecule has 0 spiro atoms. The number of rotatable bonds is 5. The van der Waals surface area contributed by atoms with Gasteiger partial charge in [0.05, 0.1) is 23.8 Å². The molecule has 33 heavy (non-hydrogen) atoms. The number of benzene rings is 1. The van der Waals surface area contributed by atoms with Crippen molar-refractivity contribution in [2.24, 2.45) is 0 Å². The summed E-state index contributed by atoms with van der Waals surface area (Å²) in [6, 6.07) is 7.45. The summed E-state index contributed by atoms with van der Waals surface area (Å²) in [7, 11) is 0. The molecule has 1 aliphatic rings. The number of halogens is 1. The van der Waals surface area contributed by atoms with Crippen LogP contribution in [0.25, 0.3) is 21.9 Å². The van der Waals surface area contributed by atoms with Crippen molar-refractivity contribution < 1.29 is 4.39 Å². The van der Waals surface area contributed by atoms with E-state index in [4.69, 9.17) is 0 Å². The van der Waals surface area contributed by atoms with Gasteiger partial charge in [-0.15, -0.1) is 0 Å². The number of nitrogens with one attached hydrogen (secondary N) is 2.